The standard InChI is InChI=1S/C19H34ClFN6O2/c1-10(2)8-22-19(25-18(28)15-9-23-29-11(15)3)24-17-7-16(26-27-17)12-4-13(20)6-14(21)5-12/h10-17,23,26-27H,4-9H2,1-3H3,(H2,22,24,25,28). The van der Waals surface area contributed by atoms with Gasteiger partial charge in [0, 0.05) is 24.5 Å². The Hall–Kier alpha value is -1.00. The maximum atomic E-state index is 13.9. The van der Waals surface area contributed by atoms with Gasteiger partial charge in [0.25, 0.3) is 0 Å². The minimum atomic E-state index is -0.836. The monoisotopic (exact) mass is 432 g/mol. The highest BCUT2D eigenvalue weighted by atomic mass is 35.5. The molecule has 3 aliphatic rings. The molecule has 8 nitrogen and oxygen atoms in total. The minimum Gasteiger partial charge on any atom is -0.339 e. The van der Waals surface area contributed by atoms with E-state index in [4.69, 9.17) is 16.4 Å². The molecule has 2 saturated heterocycles. The Bertz CT molecular complexity index is 585. The Labute approximate surface area is 177 Å². The number of carbonyl (C=O) groups excluding carboxylic acids is 1. The van der Waals surface area contributed by atoms with E-state index in [1.54, 1.807) is 0 Å². The van der Waals surface area contributed by atoms with Crippen LogP contribution in [0.5, 0.6) is 0 Å². The van der Waals surface area contributed by atoms with Crippen LogP contribution in [0.4, 0.5) is 4.39 Å². The first-order chi connectivity index (χ1) is 13.8. The lowest BCUT2D eigenvalue weighted by molar-refractivity contribution is -0.124. The third-order valence-electron chi connectivity index (χ3n) is 5.77. The van der Waals surface area contributed by atoms with Gasteiger partial charge in [0.1, 0.15) is 6.17 Å². The number of nitrogens with zero attached hydrogens (tertiary/aromatic N) is 1. The summed E-state index contributed by atoms with van der Waals surface area (Å²) in [5.41, 5.74) is 9.24. The number of carbonyl (C=O) groups is 1. The first-order valence-electron chi connectivity index (χ1n) is 10.6. The third kappa shape index (κ3) is 6.49. The molecule has 0 spiro atoms. The summed E-state index contributed by atoms with van der Waals surface area (Å²) in [6.45, 7) is 7.08. The molecule has 3 fully saturated rings. The van der Waals surface area contributed by atoms with Crippen molar-refractivity contribution in [2.45, 2.75) is 76.3 Å². The number of hydrazine groups is 1. The quantitative estimate of drug-likeness (QED) is 0.254. The van der Waals surface area contributed by atoms with Gasteiger partial charge in [0.15, 0.2) is 5.96 Å². The highest BCUT2D eigenvalue weighted by Gasteiger charge is 2.37. The van der Waals surface area contributed by atoms with Crippen molar-refractivity contribution in [1.82, 2.24) is 27.0 Å². The van der Waals surface area contributed by atoms with Crippen molar-refractivity contribution >= 4 is 23.5 Å². The molecule has 2 aliphatic heterocycles. The largest absolute Gasteiger partial charge is 0.339 e. The van der Waals surface area contributed by atoms with Crippen molar-refractivity contribution in [3.63, 3.8) is 0 Å². The van der Waals surface area contributed by atoms with Crippen LogP contribution in [0.25, 0.3) is 0 Å². The lowest BCUT2D eigenvalue weighted by Gasteiger charge is -2.31. The topological polar surface area (TPSA) is 98.8 Å². The summed E-state index contributed by atoms with van der Waals surface area (Å²) >= 11 is 6.22. The average molecular weight is 433 g/mol. The molecule has 1 aliphatic carbocycles. The Morgan fingerprint density at radius 2 is 2.07 bits per heavy atom. The van der Waals surface area contributed by atoms with Crippen molar-refractivity contribution in [2.75, 3.05) is 13.1 Å². The number of guanidine groups is 1. The lowest BCUT2D eigenvalue weighted by Crippen LogP contribution is -2.52. The second kappa shape index (κ2) is 10.3. The Kier molecular flexibility index (Phi) is 8.09. The Balaban J connectivity index is 1.56. The number of hydrogen-bond acceptors (Lipinski definition) is 6. The van der Waals surface area contributed by atoms with E-state index >= 15 is 0 Å². The second-order valence-corrected chi connectivity index (χ2v) is 9.46. The van der Waals surface area contributed by atoms with Crippen LogP contribution >= 0.6 is 11.6 Å². The molecule has 0 aromatic heterocycles. The van der Waals surface area contributed by atoms with Crippen molar-refractivity contribution in [3.8, 4) is 0 Å². The highest BCUT2D eigenvalue weighted by Crippen LogP contribution is 2.34. The van der Waals surface area contributed by atoms with Gasteiger partial charge in [-0.15, -0.1) is 11.6 Å². The van der Waals surface area contributed by atoms with Gasteiger partial charge in [-0.05, 0) is 44.4 Å². The Morgan fingerprint density at radius 1 is 1.28 bits per heavy atom. The summed E-state index contributed by atoms with van der Waals surface area (Å²) in [6, 6.07) is 0.127. The number of nitrogens with one attached hydrogen (secondary N) is 5. The number of amides is 1. The molecular weight excluding hydrogens is 399 g/mol. The van der Waals surface area contributed by atoms with Crippen LogP contribution in [0.1, 0.15) is 46.5 Å². The zero-order valence-electron chi connectivity index (χ0n) is 17.4. The molecular formula is C19H34ClFN6O2. The highest BCUT2D eigenvalue weighted by molar-refractivity contribution is 6.20. The number of aliphatic imine (C=N–C) groups is 1. The Morgan fingerprint density at radius 3 is 2.72 bits per heavy atom. The van der Waals surface area contributed by atoms with E-state index in [1.165, 1.54) is 0 Å². The van der Waals surface area contributed by atoms with Crippen LogP contribution in [0.2, 0.25) is 0 Å². The van der Waals surface area contributed by atoms with Gasteiger partial charge < -0.3 is 5.32 Å². The smallest absolute Gasteiger partial charge is 0.233 e. The molecule has 2 heterocycles. The van der Waals surface area contributed by atoms with Crippen LogP contribution in [0.3, 0.4) is 0 Å². The van der Waals surface area contributed by atoms with Crippen molar-refractivity contribution in [2.24, 2.45) is 22.7 Å². The SMILES string of the molecule is CC(C)CN=C(NC(=O)C1CNOC1C)NC1CC(C2CC(F)CC(Cl)C2)NN1. The number of alkyl halides is 2. The van der Waals surface area contributed by atoms with Crippen LogP contribution in [0, 0.1) is 17.8 Å². The summed E-state index contributed by atoms with van der Waals surface area (Å²) in [4.78, 5) is 22.4. The fourth-order valence-electron chi connectivity index (χ4n) is 4.13. The first kappa shape index (κ1) is 22.7. The molecule has 29 heavy (non-hydrogen) atoms. The molecule has 0 aromatic carbocycles. The van der Waals surface area contributed by atoms with Gasteiger partial charge in [-0.25, -0.2) is 15.3 Å². The predicted molar refractivity (Wildman–Crippen MR) is 111 cm³/mol. The van der Waals surface area contributed by atoms with E-state index < -0.39 is 6.17 Å². The molecule has 5 N–H and O–H groups in total. The molecule has 166 valence electrons. The van der Waals surface area contributed by atoms with E-state index in [0.717, 1.165) is 12.8 Å². The maximum Gasteiger partial charge on any atom is 0.233 e. The summed E-state index contributed by atoms with van der Waals surface area (Å²) in [7, 11) is 0. The predicted octanol–water partition coefficient (Wildman–Crippen LogP) is 1.18. The fraction of sp³-hybridized carbons (Fsp3) is 0.895. The van der Waals surface area contributed by atoms with Crippen molar-refractivity contribution in [3.05, 3.63) is 0 Å². The van der Waals surface area contributed by atoms with Gasteiger partial charge in [-0.1, -0.05) is 13.8 Å². The minimum absolute atomic E-state index is 0.107. The van der Waals surface area contributed by atoms with Crippen LogP contribution in [-0.4, -0.2) is 54.8 Å². The zero-order chi connectivity index (χ0) is 21.0. The fourth-order valence-corrected chi connectivity index (χ4v) is 4.55. The summed E-state index contributed by atoms with van der Waals surface area (Å²) in [5, 5.41) is 6.09. The third-order valence-corrected chi connectivity index (χ3v) is 6.13. The molecule has 0 radical (unpaired) electrons. The van der Waals surface area contributed by atoms with Crippen LogP contribution < -0.4 is 27.0 Å². The maximum absolute atomic E-state index is 13.9. The molecule has 0 aromatic rings. The van der Waals surface area contributed by atoms with Gasteiger partial charge in [-0.2, -0.15) is 0 Å². The van der Waals surface area contributed by atoms with Gasteiger partial charge in [0.05, 0.1) is 18.2 Å². The summed E-state index contributed by atoms with van der Waals surface area (Å²) in [6.07, 6.45) is 1.39. The van der Waals surface area contributed by atoms with Crippen molar-refractivity contribution < 1.29 is 14.0 Å². The van der Waals surface area contributed by atoms with E-state index in [9.17, 15) is 9.18 Å². The molecule has 1 amide bonds. The van der Waals surface area contributed by atoms with Gasteiger partial charge in [-0.3, -0.25) is 25.4 Å². The van der Waals surface area contributed by atoms with Gasteiger partial charge >= 0.3 is 0 Å². The molecule has 3 rings (SSSR count). The normalized spacial score (nSPS) is 38.4. The van der Waals surface area contributed by atoms with E-state index in [-0.39, 0.29) is 41.4 Å². The van der Waals surface area contributed by atoms with Crippen LogP contribution in [0.15, 0.2) is 4.99 Å². The molecule has 0 bridgehead atoms. The lowest BCUT2D eigenvalue weighted by atomic mass is 9.82. The molecule has 10 heteroatoms. The van der Waals surface area contributed by atoms with E-state index in [2.05, 4.69) is 45.8 Å². The number of hydroxylamine groups is 1. The number of hydrogen-bond donors (Lipinski definition) is 5. The average Bonchev–Trinajstić information content (AvgIpc) is 3.27. The zero-order valence-corrected chi connectivity index (χ0v) is 18.1. The number of halogens is 2. The summed E-state index contributed by atoms with van der Waals surface area (Å²) in [5.74, 6) is 0.607. The van der Waals surface area contributed by atoms with E-state index in [0.29, 0.717) is 37.8 Å². The van der Waals surface area contributed by atoms with E-state index in [1.807, 2.05) is 6.92 Å². The molecule has 7 unspecified atom stereocenters. The van der Waals surface area contributed by atoms with Crippen molar-refractivity contribution in [1.29, 1.82) is 0 Å². The second-order valence-electron chi connectivity index (χ2n) is 8.84. The first-order valence-corrected chi connectivity index (χ1v) is 11.0. The van der Waals surface area contributed by atoms with Crippen LogP contribution in [-0.2, 0) is 9.63 Å². The molecule has 7 atom stereocenters. The summed E-state index contributed by atoms with van der Waals surface area (Å²) < 4.78 is 13.9. The van der Waals surface area contributed by atoms with Gasteiger partial charge in [0.2, 0.25) is 5.91 Å². The molecule has 1 saturated carbocycles. The number of rotatable bonds is 5.